The van der Waals surface area contributed by atoms with Gasteiger partial charge in [0.05, 0.1) is 5.56 Å². The SMILES string of the molecule is Cc1ccc(NC(=O)CCc2nc(-c3ccccc3F)no2)cc1F. The van der Waals surface area contributed by atoms with Crippen molar-refractivity contribution in [3.05, 3.63) is 65.6 Å². The van der Waals surface area contributed by atoms with E-state index in [1.165, 1.54) is 12.1 Å². The van der Waals surface area contributed by atoms with E-state index in [4.69, 9.17) is 4.52 Å². The number of nitrogens with one attached hydrogen (secondary N) is 1. The highest BCUT2D eigenvalue weighted by atomic mass is 19.1. The molecule has 0 atom stereocenters. The fourth-order valence-electron chi connectivity index (χ4n) is 2.22. The molecule has 0 saturated heterocycles. The first-order valence-corrected chi connectivity index (χ1v) is 7.66. The lowest BCUT2D eigenvalue weighted by Gasteiger charge is -2.05. The molecule has 0 bridgehead atoms. The van der Waals surface area contributed by atoms with Gasteiger partial charge in [-0.15, -0.1) is 0 Å². The Balaban J connectivity index is 1.59. The zero-order valence-corrected chi connectivity index (χ0v) is 13.4. The van der Waals surface area contributed by atoms with Crippen molar-refractivity contribution in [2.45, 2.75) is 19.8 Å². The third-order valence-electron chi connectivity index (χ3n) is 3.60. The summed E-state index contributed by atoms with van der Waals surface area (Å²) in [7, 11) is 0. The van der Waals surface area contributed by atoms with Gasteiger partial charge in [0.25, 0.3) is 0 Å². The van der Waals surface area contributed by atoms with Crippen LogP contribution in [0.4, 0.5) is 14.5 Å². The molecule has 2 aromatic carbocycles. The first kappa shape index (κ1) is 16.8. The number of aryl methyl sites for hydroxylation is 2. The molecule has 0 aliphatic heterocycles. The van der Waals surface area contributed by atoms with Crippen molar-refractivity contribution in [3.63, 3.8) is 0 Å². The predicted molar refractivity (Wildman–Crippen MR) is 87.8 cm³/mol. The van der Waals surface area contributed by atoms with Crippen LogP contribution in [0, 0.1) is 18.6 Å². The van der Waals surface area contributed by atoms with Crippen molar-refractivity contribution in [1.82, 2.24) is 10.1 Å². The highest BCUT2D eigenvalue weighted by molar-refractivity contribution is 5.90. The van der Waals surface area contributed by atoms with Crippen molar-refractivity contribution in [1.29, 1.82) is 0 Å². The molecule has 128 valence electrons. The number of halogens is 2. The minimum Gasteiger partial charge on any atom is -0.339 e. The lowest BCUT2D eigenvalue weighted by atomic mass is 10.2. The molecular weight excluding hydrogens is 328 g/mol. The van der Waals surface area contributed by atoms with Gasteiger partial charge in [-0.1, -0.05) is 23.4 Å². The molecule has 0 aliphatic carbocycles. The molecule has 7 heteroatoms. The number of hydrogen-bond donors (Lipinski definition) is 1. The number of amides is 1. The molecule has 0 saturated carbocycles. The molecule has 3 aromatic rings. The van der Waals surface area contributed by atoms with Gasteiger partial charge in [-0.25, -0.2) is 8.78 Å². The maximum absolute atomic E-state index is 13.7. The number of aromatic nitrogens is 2. The van der Waals surface area contributed by atoms with Crippen LogP contribution >= 0.6 is 0 Å². The van der Waals surface area contributed by atoms with E-state index in [2.05, 4.69) is 15.5 Å². The zero-order chi connectivity index (χ0) is 17.8. The number of carbonyl (C=O) groups is 1. The Labute approximate surface area is 142 Å². The maximum Gasteiger partial charge on any atom is 0.227 e. The van der Waals surface area contributed by atoms with Crippen LogP contribution in [-0.2, 0) is 11.2 Å². The topological polar surface area (TPSA) is 68.0 Å². The molecule has 5 nitrogen and oxygen atoms in total. The largest absolute Gasteiger partial charge is 0.339 e. The van der Waals surface area contributed by atoms with Crippen LogP contribution in [0.15, 0.2) is 47.0 Å². The monoisotopic (exact) mass is 343 g/mol. The lowest BCUT2D eigenvalue weighted by molar-refractivity contribution is -0.116. The Kier molecular flexibility index (Phi) is 4.83. The zero-order valence-electron chi connectivity index (χ0n) is 13.4. The predicted octanol–water partition coefficient (Wildman–Crippen LogP) is 3.89. The molecule has 0 unspecified atom stereocenters. The number of nitrogens with zero attached hydrogens (tertiary/aromatic N) is 2. The molecule has 1 heterocycles. The molecule has 1 amide bonds. The Morgan fingerprint density at radius 3 is 2.72 bits per heavy atom. The maximum atomic E-state index is 13.7. The van der Waals surface area contributed by atoms with Crippen LogP contribution < -0.4 is 5.32 Å². The molecule has 0 radical (unpaired) electrons. The van der Waals surface area contributed by atoms with Gasteiger partial charge in [0, 0.05) is 18.5 Å². The van der Waals surface area contributed by atoms with Crippen molar-refractivity contribution in [2.24, 2.45) is 0 Å². The Morgan fingerprint density at radius 2 is 1.96 bits per heavy atom. The fourth-order valence-corrected chi connectivity index (χ4v) is 2.22. The summed E-state index contributed by atoms with van der Waals surface area (Å²) in [4.78, 5) is 16.0. The van der Waals surface area contributed by atoms with Crippen molar-refractivity contribution in [2.75, 3.05) is 5.32 Å². The number of hydrogen-bond acceptors (Lipinski definition) is 4. The van der Waals surface area contributed by atoms with Gasteiger partial charge in [0.2, 0.25) is 17.6 Å². The minimum atomic E-state index is -0.450. The van der Waals surface area contributed by atoms with Crippen molar-refractivity contribution >= 4 is 11.6 Å². The second-order valence-electron chi connectivity index (χ2n) is 5.50. The molecule has 3 rings (SSSR count). The average Bonchev–Trinajstić information content (AvgIpc) is 3.05. The number of rotatable bonds is 5. The third-order valence-corrected chi connectivity index (χ3v) is 3.60. The van der Waals surface area contributed by atoms with E-state index >= 15 is 0 Å². The highest BCUT2D eigenvalue weighted by Gasteiger charge is 2.13. The van der Waals surface area contributed by atoms with E-state index < -0.39 is 5.82 Å². The molecule has 0 fully saturated rings. The first-order valence-electron chi connectivity index (χ1n) is 7.66. The van der Waals surface area contributed by atoms with Crippen LogP contribution in [0.2, 0.25) is 0 Å². The number of carbonyl (C=O) groups excluding carboxylic acids is 1. The Bertz CT molecular complexity index is 909. The standard InChI is InChI=1S/C18H15F2N3O2/c1-11-6-7-12(10-15(11)20)21-16(24)8-9-17-22-18(23-25-17)13-4-2-3-5-14(13)19/h2-7,10H,8-9H2,1H3,(H,21,24). The van der Waals surface area contributed by atoms with Crippen molar-refractivity contribution in [3.8, 4) is 11.4 Å². The fraction of sp³-hybridized carbons (Fsp3) is 0.167. The summed E-state index contributed by atoms with van der Waals surface area (Å²) in [5.41, 5.74) is 1.12. The van der Waals surface area contributed by atoms with Gasteiger partial charge in [-0.05, 0) is 36.8 Å². The van der Waals surface area contributed by atoms with Crippen LogP contribution in [0.25, 0.3) is 11.4 Å². The normalized spacial score (nSPS) is 10.7. The van der Waals surface area contributed by atoms with Gasteiger partial charge < -0.3 is 9.84 Å². The van der Waals surface area contributed by atoms with Gasteiger partial charge in [-0.3, -0.25) is 4.79 Å². The third kappa shape index (κ3) is 4.06. The average molecular weight is 343 g/mol. The minimum absolute atomic E-state index is 0.0778. The summed E-state index contributed by atoms with van der Waals surface area (Å²) < 4.78 is 32.2. The Morgan fingerprint density at radius 1 is 1.16 bits per heavy atom. The lowest BCUT2D eigenvalue weighted by Crippen LogP contribution is -2.12. The molecule has 0 aliphatic rings. The van der Waals surface area contributed by atoms with Gasteiger partial charge in [0.1, 0.15) is 11.6 Å². The van der Waals surface area contributed by atoms with Crippen molar-refractivity contribution < 1.29 is 18.1 Å². The summed E-state index contributed by atoms with van der Waals surface area (Å²) in [5, 5.41) is 6.32. The van der Waals surface area contributed by atoms with Gasteiger partial charge in [0.15, 0.2) is 0 Å². The Hall–Kier alpha value is -3.09. The first-order chi connectivity index (χ1) is 12.0. The number of anilines is 1. The highest BCUT2D eigenvalue weighted by Crippen LogP contribution is 2.19. The molecule has 1 N–H and O–H groups in total. The molecule has 0 spiro atoms. The summed E-state index contributed by atoms with van der Waals surface area (Å²) in [5.74, 6) is -0.787. The number of benzene rings is 2. The van der Waals surface area contributed by atoms with E-state index in [0.29, 0.717) is 11.3 Å². The second kappa shape index (κ2) is 7.21. The molecular formula is C18H15F2N3O2. The van der Waals surface area contributed by atoms with Crippen LogP contribution in [0.1, 0.15) is 17.9 Å². The van der Waals surface area contributed by atoms with Crippen LogP contribution in [-0.4, -0.2) is 16.0 Å². The van der Waals surface area contributed by atoms with Crippen LogP contribution in [0.5, 0.6) is 0 Å². The summed E-state index contributed by atoms with van der Waals surface area (Å²) in [6, 6.07) is 10.6. The smallest absolute Gasteiger partial charge is 0.227 e. The second-order valence-corrected chi connectivity index (χ2v) is 5.50. The van der Waals surface area contributed by atoms with E-state index in [9.17, 15) is 13.6 Å². The van der Waals surface area contributed by atoms with Gasteiger partial charge in [-0.2, -0.15) is 4.98 Å². The molecule has 1 aromatic heterocycles. The van der Waals surface area contributed by atoms with E-state index in [1.807, 2.05) is 0 Å². The summed E-state index contributed by atoms with van der Waals surface area (Å²) >= 11 is 0. The molecule has 25 heavy (non-hydrogen) atoms. The van der Waals surface area contributed by atoms with E-state index in [-0.39, 0.29) is 41.8 Å². The summed E-state index contributed by atoms with van der Waals surface area (Å²) in [6.07, 6.45) is 0.274. The van der Waals surface area contributed by atoms with Crippen LogP contribution in [0.3, 0.4) is 0 Å². The summed E-state index contributed by atoms with van der Waals surface area (Å²) in [6.45, 7) is 1.64. The van der Waals surface area contributed by atoms with Gasteiger partial charge >= 0.3 is 0 Å². The van der Waals surface area contributed by atoms with E-state index in [0.717, 1.165) is 0 Å². The van der Waals surface area contributed by atoms with E-state index in [1.54, 1.807) is 37.3 Å². The quantitative estimate of drug-likeness (QED) is 0.763.